The Morgan fingerprint density at radius 1 is 0.903 bits per heavy atom. The summed E-state index contributed by atoms with van der Waals surface area (Å²) in [5, 5.41) is 5.33. The molecular formula is C24H28N2O5. The van der Waals surface area contributed by atoms with Gasteiger partial charge in [-0.1, -0.05) is 44.2 Å². The van der Waals surface area contributed by atoms with E-state index < -0.39 is 18.1 Å². The molecule has 0 aromatic heterocycles. The topological polar surface area (TPSA) is 102 Å². The van der Waals surface area contributed by atoms with Crippen LogP contribution < -0.4 is 10.6 Å². The molecule has 0 fully saturated rings. The molecule has 0 aliphatic rings. The van der Waals surface area contributed by atoms with Crippen LogP contribution in [0.1, 0.15) is 43.6 Å². The molecule has 2 rings (SSSR count). The third-order valence-electron chi connectivity index (χ3n) is 4.60. The van der Waals surface area contributed by atoms with Gasteiger partial charge in [0, 0.05) is 18.2 Å². The summed E-state index contributed by atoms with van der Waals surface area (Å²) in [6.07, 6.45) is -0.877. The van der Waals surface area contributed by atoms with Gasteiger partial charge >= 0.3 is 5.97 Å². The molecule has 0 bridgehead atoms. The predicted molar refractivity (Wildman–Crippen MR) is 118 cm³/mol. The molecule has 7 heteroatoms. The van der Waals surface area contributed by atoms with Crippen molar-refractivity contribution >= 4 is 29.3 Å². The third-order valence-corrected chi connectivity index (χ3v) is 4.60. The molecule has 0 radical (unpaired) electrons. The lowest BCUT2D eigenvalue weighted by molar-refractivity contribution is -0.151. The van der Waals surface area contributed by atoms with Gasteiger partial charge in [0.15, 0.2) is 6.10 Å². The van der Waals surface area contributed by atoms with Crippen molar-refractivity contribution in [1.82, 2.24) is 5.32 Å². The standard InChI is InChI=1S/C24H28N2O5/c1-15(2)22(26-21(28)14-18-8-6-5-7-9-18)24(30)31-16(3)23(29)19-10-12-20(13-11-19)25-17(4)27/h5-13,15-16,22H,14H2,1-4H3,(H,25,27)(H,26,28)/t16-,22+/m1/s1. The first-order valence-electron chi connectivity index (χ1n) is 10.1. The lowest BCUT2D eigenvalue weighted by Crippen LogP contribution is -2.47. The zero-order valence-electron chi connectivity index (χ0n) is 18.2. The fourth-order valence-electron chi connectivity index (χ4n) is 2.96. The molecule has 0 saturated carbocycles. The molecule has 0 unspecified atom stereocenters. The Hall–Kier alpha value is -3.48. The highest BCUT2D eigenvalue weighted by atomic mass is 16.5. The van der Waals surface area contributed by atoms with Gasteiger partial charge in [-0.05, 0) is 42.7 Å². The molecule has 31 heavy (non-hydrogen) atoms. The fraction of sp³-hybridized carbons (Fsp3) is 0.333. The van der Waals surface area contributed by atoms with E-state index in [9.17, 15) is 19.2 Å². The summed E-state index contributed by atoms with van der Waals surface area (Å²) < 4.78 is 5.36. The molecule has 0 aliphatic carbocycles. The van der Waals surface area contributed by atoms with Crippen molar-refractivity contribution in [3.8, 4) is 0 Å². The SMILES string of the molecule is CC(=O)Nc1ccc(C(=O)[C@@H](C)OC(=O)[C@@H](NC(=O)Cc2ccccc2)C(C)C)cc1. The summed E-state index contributed by atoms with van der Waals surface area (Å²) in [5.41, 5.74) is 1.75. The van der Waals surface area contributed by atoms with Gasteiger partial charge in [0.05, 0.1) is 6.42 Å². The Labute approximate surface area is 182 Å². The Bertz CT molecular complexity index is 923. The van der Waals surface area contributed by atoms with E-state index in [1.165, 1.54) is 13.8 Å². The number of benzene rings is 2. The number of nitrogens with one attached hydrogen (secondary N) is 2. The van der Waals surface area contributed by atoms with Crippen molar-refractivity contribution in [2.45, 2.75) is 46.3 Å². The maximum Gasteiger partial charge on any atom is 0.329 e. The van der Waals surface area contributed by atoms with Crippen LogP contribution in [0.25, 0.3) is 0 Å². The van der Waals surface area contributed by atoms with Crippen LogP contribution in [0, 0.1) is 5.92 Å². The van der Waals surface area contributed by atoms with Crippen LogP contribution >= 0.6 is 0 Å². The smallest absolute Gasteiger partial charge is 0.329 e. The number of carbonyl (C=O) groups is 4. The fourth-order valence-corrected chi connectivity index (χ4v) is 2.96. The monoisotopic (exact) mass is 424 g/mol. The van der Waals surface area contributed by atoms with Gasteiger partial charge < -0.3 is 15.4 Å². The van der Waals surface area contributed by atoms with Crippen molar-refractivity contribution < 1.29 is 23.9 Å². The average Bonchev–Trinajstić information content (AvgIpc) is 2.72. The minimum atomic E-state index is -1.02. The Kier molecular flexibility index (Phi) is 8.49. The molecule has 2 aromatic rings. The Morgan fingerprint density at radius 3 is 2.06 bits per heavy atom. The molecular weight excluding hydrogens is 396 g/mol. The number of carbonyl (C=O) groups excluding carboxylic acids is 4. The van der Waals surface area contributed by atoms with Crippen LogP contribution in [-0.4, -0.2) is 35.7 Å². The van der Waals surface area contributed by atoms with Crippen LogP contribution in [0.3, 0.4) is 0 Å². The van der Waals surface area contributed by atoms with Crippen LogP contribution in [0.5, 0.6) is 0 Å². The minimum Gasteiger partial charge on any atom is -0.453 e. The first-order valence-corrected chi connectivity index (χ1v) is 10.1. The largest absolute Gasteiger partial charge is 0.453 e. The van der Waals surface area contributed by atoms with Gasteiger partial charge in [-0.3, -0.25) is 14.4 Å². The predicted octanol–water partition coefficient (Wildman–Crippen LogP) is 3.14. The second kappa shape index (κ2) is 11.1. The second-order valence-electron chi connectivity index (χ2n) is 7.65. The summed E-state index contributed by atoms with van der Waals surface area (Å²) in [6.45, 7) is 6.47. The zero-order valence-corrected chi connectivity index (χ0v) is 18.2. The van der Waals surface area contributed by atoms with Crippen LogP contribution in [0.4, 0.5) is 5.69 Å². The van der Waals surface area contributed by atoms with E-state index >= 15 is 0 Å². The first kappa shape index (κ1) is 23.8. The van der Waals surface area contributed by atoms with Gasteiger partial charge in [0.25, 0.3) is 0 Å². The maximum atomic E-state index is 12.7. The molecule has 0 aliphatic heterocycles. The molecule has 2 atom stereocenters. The number of ether oxygens (including phenoxy) is 1. The normalized spacial score (nSPS) is 12.5. The molecule has 164 valence electrons. The van der Waals surface area contributed by atoms with Gasteiger partial charge in [-0.15, -0.1) is 0 Å². The Balaban J connectivity index is 1.98. The number of amides is 2. The van der Waals surface area contributed by atoms with E-state index in [1.54, 1.807) is 38.1 Å². The first-order chi connectivity index (χ1) is 14.7. The van der Waals surface area contributed by atoms with E-state index in [-0.39, 0.29) is 29.9 Å². The van der Waals surface area contributed by atoms with Crippen molar-refractivity contribution in [2.24, 2.45) is 5.92 Å². The van der Waals surface area contributed by atoms with Gasteiger partial charge in [-0.2, -0.15) is 0 Å². The lowest BCUT2D eigenvalue weighted by Gasteiger charge is -2.23. The van der Waals surface area contributed by atoms with Crippen molar-refractivity contribution in [2.75, 3.05) is 5.32 Å². The number of rotatable bonds is 9. The maximum absolute atomic E-state index is 12.7. The van der Waals surface area contributed by atoms with Crippen LogP contribution in [-0.2, 0) is 25.5 Å². The summed E-state index contributed by atoms with van der Waals surface area (Å²) in [7, 11) is 0. The number of hydrogen-bond acceptors (Lipinski definition) is 5. The third kappa shape index (κ3) is 7.37. The number of esters is 1. The van der Waals surface area contributed by atoms with Crippen LogP contribution in [0.15, 0.2) is 54.6 Å². The van der Waals surface area contributed by atoms with Crippen molar-refractivity contribution in [3.05, 3.63) is 65.7 Å². The van der Waals surface area contributed by atoms with Gasteiger partial charge in [-0.25, -0.2) is 4.79 Å². The average molecular weight is 424 g/mol. The minimum absolute atomic E-state index is 0.145. The zero-order chi connectivity index (χ0) is 23.0. The van der Waals surface area contributed by atoms with E-state index in [1.807, 2.05) is 30.3 Å². The number of ketones is 1. The lowest BCUT2D eigenvalue weighted by atomic mass is 10.0. The highest BCUT2D eigenvalue weighted by molar-refractivity contribution is 6.01. The van der Waals surface area contributed by atoms with E-state index in [4.69, 9.17) is 4.74 Å². The molecule has 0 heterocycles. The molecule has 0 saturated heterocycles. The van der Waals surface area contributed by atoms with Crippen molar-refractivity contribution in [3.63, 3.8) is 0 Å². The highest BCUT2D eigenvalue weighted by Crippen LogP contribution is 2.14. The second-order valence-corrected chi connectivity index (χ2v) is 7.65. The van der Waals surface area contributed by atoms with Gasteiger partial charge in [0.2, 0.25) is 17.6 Å². The summed E-state index contributed by atoms with van der Waals surface area (Å²) in [5.74, 6) is -1.76. The summed E-state index contributed by atoms with van der Waals surface area (Å²) in [4.78, 5) is 48.7. The quantitative estimate of drug-likeness (QED) is 0.476. The molecule has 7 nitrogen and oxygen atoms in total. The Morgan fingerprint density at radius 2 is 1.52 bits per heavy atom. The number of Topliss-reactive ketones (excluding diaryl/α,β-unsaturated/α-hetero) is 1. The van der Waals surface area contributed by atoms with Crippen LogP contribution in [0.2, 0.25) is 0 Å². The molecule has 2 aromatic carbocycles. The number of hydrogen-bond donors (Lipinski definition) is 2. The van der Waals surface area contributed by atoms with E-state index in [0.29, 0.717) is 11.3 Å². The van der Waals surface area contributed by atoms with Gasteiger partial charge in [0.1, 0.15) is 6.04 Å². The number of anilines is 1. The molecule has 2 N–H and O–H groups in total. The van der Waals surface area contributed by atoms with Crippen molar-refractivity contribution in [1.29, 1.82) is 0 Å². The van der Waals surface area contributed by atoms with E-state index in [2.05, 4.69) is 10.6 Å². The molecule has 2 amide bonds. The van der Waals surface area contributed by atoms with E-state index in [0.717, 1.165) is 5.56 Å². The highest BCUT2D eigenvalue weighted by Gasteiger charge is 2.29. The summed E-state index contributed by atoms with van der Waals surface area (Å²) >= 11 is 0. The molecule has 0 spiro atoms. The summed E-state index contributed by atoms with van der Waals surface area (Å²) in [6, 6.07) is 14.7.